The first-order valence-corrected chi connectivity index (χ1v) is 7.08. The average Bonchev–Trinajstić information content (AvgIpc) is 2.77. The quantitative estimate of drug-likeness (QED) is 0.889. The second-order valence-corrected chi connectivity index (χ2v) is 5.78. The number of imidazole rings is 1. The van der Waals surface area contributed by atoms with Crippen molar-refractivity contribution < 1.29 is 0 Å². The van der Waals surface area contributed by atoms with Crippen LogP contribution in [0.4, 0.5) is 0 Å². The van der Waals surface area contributed by atoms with Gasteiger partial charge in [0, 0.05) is 31.4 Å². The number of nitrogens with zero attached hydrogens (tertiary/aromatic N) is 3. The van der Waals surface area contributed by atoms with E-state index in [2.05, 4.69) is 35.2 Å². The van der Waals surface area contributed by atoms with Gasteiger partial charge >= 0.3 is 0 Å². The molecule has 1 saturated heterocycles. The Morgan fingerprint density at radius 2 is 2.28 bits per heavy atom. The van der Waals surface area contributed by atoms with E-state index in [9.17, 15) is 0 Å². The molecular weight excluding hydrogens is 224 g/mol. The van der Waals surface area contributed by atoms with E-state index in [0.29, 0.717) is 18.0 Å². The number of nitrogens with two attached hydrogens (primary N) is 1. The highest BCUT2D eigenvalue weighted by Crippen LogP contribution is 2.24. The van der Waals surface area contributed by atoms with E-state index in [-0.39, 0.29) is 0 Å². The highest BCUT2D eigenvalue weighted by Gasteiger charge is 2.27. The van der Waals surface area contributed by atoms with Crippen molar-refractivity contribution >= 4 is 0 Å². The van der Waals surface area contributed by atoms with Gasteiger partial charge in [-0.2, -0.15) is 0 Å². The van der Waals surface area contributed by atoms with Gasteiger partial charge in [-0.05, 0) is 39.2 Å². The first-order chi connectivity index (χ1) is 8.63. The van der Waals surface area contributed by atoms with E-state index in [0.717, 1.165) is 19.6 Å². The van der Waals surface area contributed by atoms with Gasteiger partial charge < -0.3 is 10.3 Å². The zero-order valence-corrected chi connectivity index (χ0v) is 11.8. The normalized spacial score (nSPS) is 25.8. The summed E-state index contributed by atoms with van der Waals surface area (Å²) in [6.45, 7) is 9.62. The summed E-state index contributed by atoms with van der Waals surface area (Å²) in [6, 6.07) is 0.996. The fraction of sp³-hybridized carbons (Fsp3) is 0.786. The van der Waals surface area contributed by atoms with Crippen LogP contribution >= 0.6 is 0 Å². The molecule has 0 spiro atoms. The molecule has 0 aliphatic carbocycles. The topological polar surface area (TPSA) is 47.1 Å². The molecule has 0 aromatic carbocycles. The van der Waals surface area contributed by atoms with Crippen LogP contribution in [0.5, 0.6) is 0 Å². The molecule has 2 atom stereocenters. The molecular formula is C14H26N4. The molecule has 1 aliphatic heterocycles. The molecule has 102 valence electrons. The van der Waals surface area contributed by atoms with E-state index in [1.807, 2.05) is 12.5 Å². The largest absolute Gasteiger partial charge is 0.331 e. The Balaban J connectivity index is 2.09. The SMILES string of the molecule is CC1CCCN(Cc2cncn2C(C)C)C1CN. The maximum atomic E-state index is 5.95. The third-order valence-corrected chi connectivity index (χ3v) is 4.14. The summed E-state index contributed by atoms with van der Waals surface area (Å²) < 4.78 is 2.26. The lowest BCUT2D eigenvalue weighted by Crippen LogP contribution is -2.48. The van der Waals surface area contributed by atoms with Crippen LogP contribution in [0.1, 0.15) is 45.3 Å². The molecule has 0 radical (unpaired) electrons. The average molecular weight is 250 g/mol. The van der Waals surface area contributed by atoms with Gasteiger partial charge in [0.05, 0.1) is 12.0 Å². The number of hydrogen-bond acceptors (Lipinski definition) is 3. The second-order valence-electron chi connectivity index (χ2n) is 5.78. The van der Waals surface area contributed by atoms with Gasteiger partial charge in [-0.1, -0.05) is 6.92 Å². The Morgan fingerprint density at radius 3 is 2.94 bits per heavy atom. The summed E-state index contributed by atoms with van der Waals surface area (Å²) in [6.07, 6.45) is 6.52. The highest BCUT2D eigenvalue weighted by atomic mass is 15.2. The maximum absolute atomic E-state index is 5.95. The first-order valence-electron chi connectivity index (χ1n) is 7.08. The Bertz CT molecular complexity index is 372. The third-order valence-electron chi connectivity index (χ3n) is 4.14. The zero-order valence-electron chi connectivity index (χ0n) is 11.8. The molecule has 0 saturated carbocycles. The van der Waals surface area contributed by atoms with Gasteiger partial charge in [0.15, 0.2) is 0 Å². The fourth-order valence-corrected chi connectivity index (χ4v) is 3.04. The van der Waals surface area contributed by atoms with Crippen LogP contribution < -0.4 is 5.73 Å². The molecule has 18 heavy (non-hydrogen) atoms. The van der Waals surface area contributed by atoms with Gasteiger partial charge in [-0.25, -0.2) is 4.98 Å². The van der Waals surface area contributed by atoms with Crippen molar-refractivity contribution in [3.8, 4) is 0 Å². The van der Waals surface area contributed by atoms with Crippen LogP contribution in [0.2, 0.25) is 0 Å². The van der Waals surface area contributed by atoms with Crippen LogP contribution in [0.25, 0.3) is 0 Å². The molecule has 4 heteroatoms. The Kier molecular flexibility index (Phi) is 4.40. The molecule has 2 rings (SSSR count). The van der Waals surface area contributed by atoms with E-state index in [1.165, 1.54) is 18.5 Å². The van der Waals surface area contributed by atoms with Gasteiger partial charge in [0.25, 0.3) is 0 Å². The number of rotatable bonds is 4. The molecule has 1 aliphatic rings. The molecule has 2 heterocycles. The second kappa shape index (κ2) is 5.85. The summed E-state index contributed by atoms with van der Waals surface area (Å²) in [4.78, 5) is 6.82. The van der Waals surface area contributed by atoms with Crippen molar-refractivity contribution in [1.29, 1.82) is 0 Å². The summed E-state index contributed by atoms with van der Waals surface area (Å²) in [5, 5.41) is 0. The predicted molar refractivity (Wildman–Crippen MR) is 74.3 cm³/mol. The van der Waals surface area contributed by atoms with Crippen LogP contribution in [0.3, 0.4) is 0 Å². The summed E-state index contributed by atoms with van der Waals surface area (Å²) in [5.74, 6) is 0.708. The van der Waals surface area contributed by atoms with E-state index in [1.54, 1.807) is 0 Å². The fourth-order valence-electron chi connectivity index (χ4n) is 3.04. The number of piperidine rings is 1. The smallest absolute Gasteiger partial charge is 0.0951 e. The molecule has 0 amide bonds. The Hall–Kier alpha value is -0.870. The van der Waals surface area contributed by atoms with Crippen molar-refractivity contribution in [2.24, 2.45) is 11.7 Å². The van der Waals surface area contributed by atoms with Gasteiger partial charge in [-0.15, -0.1) is 0 Å². The number of aromatic nitrogens is 2. The molecule has 0 bridgehead atoms. The summed E-state index contributed by atoms with van der Waals surface area (Å²) in [7, 11) is 0. The van der Waals surface area contributed by atoms with Crippen molar-refractivity contribution in [1.82, 2.24) is 14.5 Å². The maximum Gasteiger partial charge on any atom is 0.0951 e. The monoisotopic (exact) mass is 250 g/mol. The van der Waals surface area contributed by atoms with Crippen LogP contribution in [-0.2, 0) is 6.54 Å². The van der Waals surface area contributed by atoms with Crippen LogP contribution in [-0.4, -0.2) is 33.6 Å². The Labute approximate surface area is 110 Å². The van der Waals surface area contributed by atoms with Gasteiger partial charge in [0.1, 0.15) is 0 Å². The highest BCUT2D eigenvalue weighted by molar-refractivity contribution is 5.01. The standard InChI is InChI=1S/C14H26N4/c1-11(2)18-10-16-8-13(18)9-17-6-4-5-12(3)14(17)7-15/h8,10-12,14H,4-7,9,15H2,1-3H3. The van der Waals surface area contributed by atoms with E-state index in [4.69, 9.17) is 5.73 Å². The Morgan fingerprint density at radius 1 is 1.50 bits per heavy atom. The lowest BCUT2D eigenvalue weighted by Gasteiger charge is -2.39. The minimum Gasteiger partial charge on any atom is -0.331 e. The molecule has 2 unspecified atom stereocenters. The summed E-state index contributed by atoms with van der Waals surface area (Å²) in [5.41, 5.74) is 7.25. The lowest BCUT2D eigenvalue weighted by molar-refractivity contribution is 0.0962. The molecule has 4 nitrogen and oxygen atoms in total. The molecule has 1 aromatic heterocycles. The third kappa shape index (κ3) is 2.75. The van der Waals surface area contributed by atoms with E-state index >= 15 is 0 Å². The number of hydrogen-bond donors (Lipinski definition) is 1. The molecule has 1 aromatic rings. The minimum atomic E-state index is 0.473. The first kappa shape index (κ1) is 13.6. The number of likely N-dealkylation sites (tertiary alicyclic amines) is 1. The van der Waals surface area contributed by atoms with Gasteiger partial charge in [-0.3, -0.25) is 4.90 Å². The van der Waals surface area contributed by atoms with Crippen molar-refractivity contribution in [2.45, 2.75) is 52.2 Å². The zero-order chi connectivity index (χ0) is 13.1. The van der Waals surface area contributed by atoms with Crippen molar-refractivity contribution in [2.75, 3.05) is 13.1 Å². The lowest BCUT2D eigenvalue weighted by atomic mass is 9.91. The van der Waals surface area contributed by atoms with E-state index < -0.39 is 0 Å². The van der Waals surface area contributed by atoms with Gasteiger partial charge in [0.2, 0.25) is 0 Å². The molecule has 1 fully saturated rings. The van der Waals surface area contributed by atoms with Crippen LogP contribution in [0, 0.1) is 5.92 Å². The minimum absolute atomic E-state index is 0.473. The van der Waals surface area contributed by atoms with Crippen LogP contribution in [0.15, 0.2) is 12.5 Å². The summed E-state index contributed by atoms with van der Waals surface area (Å²) >= 11 is 0. The van der Waals surface area contributed by atoms with Crippen molar-refractivity contribution in [3.05, 3.63) is 18.2 Å². The van der Waals surface area contributed by atoms with Crippen molar-refractivity contribution in [3.63, 3.8) is 0 Å². The predicted octanol–water partition coefficient (Wildman–Crippen LogP) is 2.02. The molecule has 2 N–H and O–H groups in total.